The summed E-state index contributed by atoms with van der Waals surface area (Å²) in [6.07, 6.45) is 4.42. The molecule has 0 spiro atoms. The molecule has 0 N–H and O–H groups in total. The van der Waals surface area contributed by atoms with Gasteiger partial charge >= 0.3 is 6.85 Å². The number of hydrogen-bond acceptors (Lipinski definition) is 1. The van der Waals surface area contributed by atoms with Crippen molar-refractivity contribution in [3.8, 4) is 0 Å². The average molecular weight is 335 g/mol. The van der Waals surface area contributed by atoms with Gasteiger partial charge in [0.05, 0.1) is 0 Å². The number of rotatable bonds is 4. The van der Waals surface area contributed by atoms with Gasteiger partial charge in [0.25, 0.3) is 0 Å². The van der Waals surface area contributed by atoms with E-state index >= 15 is 0 Å². The second-order valence-electron chi connectivity index (χ2n) is 6.72. The summed E-state index contributed by atoms with van der Waals surface area (Å²) in [6.45, 7) is 3.31. The lowest BCUT2D eigenvalue weighted by Crippen LogP contribution is -2.47. The van der Waals surface area contributed by atoms with Crippen LogP contribution >= 0.6 is 0 Å². The first kappa shape index (κ1) is 16.5. The summed E-state index contributed by atoms with van der Waals surface area (Å²) in [6, 6.07) is 30.1. The Bertz CT molecular complexity index is 929. The smallest absolute Gasteiger partial charge is 0.316 e. The Labute approximate surface area is 156 Å². The first-order valence-corrected chi connectivity index (χ1v) is 9.13. The van der Waals surface area contributed by atoms with Gasteiger partial charge in [0.2, 0.25) is 0 Å². The predicted molar refractivity (Wildman–Crippen MR) is 112 cm³/mol. The first-order chi connectivity index (χ1) is 12.8. The second kappa shape index (κ2) is 7.49. The summed E-state index contributed by atoms with van der Waals surface area (Å²) in [5.41, 5.74) is 6.54. The van der Waals surface area contributed by atoms with Gasteiger partial charge in [-0.05, 0) is 29.6 Å². The van der Waals surface area contributed by atoms with Gasteiger partial charge in [0.15, 0.2) is 0 Å². The Morgan fingerprint density at radius 3 is 2.15 bits per heavy atom. The molecule has 126 valence electrons. The summed E-state index contributed by atoms with van der Waals surface area (Å²) in [7, 11) is 0. The summed E-state index contributed by atoms with van der Waals surface area (Å²) in [4.78, 5) is 2.51. The summed E-state index contributed by atoms with van der Waals surface area (Å²) in [5, 5.41) is 0. The zero-order valence-electron chi connectivity index (χ0n) is 15.0. The van der Waals surface area contributed by atoms with E-state index in [2.05, 4.69) is 115 Å². The van der Waals surface area contributed by atoms with E-state index in [9.17, 15) is 0 Å². The summed E-state index contributed by atoms with van der Waals surface area (Å²) < 4.78 is 0. The maximum absolute atomic E-state index is 2.51. The maximum atomic E-state index is 2.51. The van der Waals surface area contributed by atoms with Crippen molar-refractivity contribution in [2.24, 2.45) is 0 Å². The molecule has 0 fully saturated rings. The van der Waals surface area contributed by atoms with Gasteiger partial charge in [-0.1, -0.05) is 103 Å². The fourth-order valence-electron chi connectivity index (χ4n) is 3.63. The standard InChI is InChI=1S/C24H22BN/c1-20-11-8-9-16-23(20)25-18-10-17-24(22-14-6-3-7-15-22)26(25)19-21-12-4-2-5-13-21/h2-18H,19H2,1H3. The average Bonchev–Trinajstić information content (AvgIpc) is 2.70. The van der Waals surface area contributed by atoms with Crippen LogP contribution in [-0.2, 0) is 6.54 Å². The molecule has 3 aromatic rings. The molecule has 1 heterocycles. The maximum Gasteiger partial charge on any atom is 0.316 e. The van der Waals surface area contributed by atoms with Crippen LogP contribution in [0.5, 0.6) is 0 Å². The lowest BCUT2D eigenvalue weighted by molar-refractivity contribution is 0.603. The zero-order chi connectivity index (χ0) is 17.8. The van der Waals surface area contributed by atoms with E-state index in [1.807, 2.05) is 0 Å². The lowest BCUT2D eigenvalue weighted by Gasteiger charge is -2.35. The molecule has 0 bridgehead atoms. The Balaban J connectivity index is 1.77. The van der Waals surface area contributed by atoms with E-state index in [1.165, 1.54) is 27.9 Å². The van der Waals surface area contributed by atoms with Crippen LogP contribution in [0.3, 0.4) is 0 Å². The molecule has 0 unspecified atom stereocenters. The van der Waals surface area contributed by atoms with E-state index in [1.54, 1.807) is 0 Å². The van der Waals surface area contributed by atoms with Crippen molar-refractivity contribution in [2.45, 2.75) is 13.5 Å². The normalized spacial score (nSPS) is 13.7. The molecule has 1 nitrogen and oxygen atoms in total. The Morgan fingerprint density at radius 2 is 1.42 bits per heavy atom. The predicted octanol–water partition coefficient (Wildman–Crippen LogP) is 4.85. The van der Waals surface area contributed by atoms with Gasteiger partial charge in [-0.15, -0.1) is 0 Å². The minimum Gasteiger partial charge on any atom is -0.403 e. The molecule has 1 aliphatic heterocycles. The molecule has 4 rings (SSSR count). The molecular weight excluding hydrogens is 313 g/mol. The van der Waals surface area contributed by atoms with Crippen molar-refractivity contribution in [3.05, 3.63) is 120 Å². The van der Waals surface area contributed by atoms with Crippen molar-refractivity contribution < 1.29 is 0 Å². The van der Waals surface area contributed by atoms with E-state index in [0.717, 1.165) is 6.54 Å². The van der Waals surface area contributed by atoms with Crippen molar-refractivity contribution in [1.82, 2.24) is 4.81 Å². The molecule has 0 aromatic heterocycles. The van der Waals surface area contributed by atoms with Crippen molar-refractivity contribution in [3.63, 3.8) is 0 Å². The molecule has 0 saturated carbocycles. The SMILES string of the molecule is Cc1ccccc1B1C=CC=C(c2ccccc2)N1Cc1ccccc1. The van der Waals surface area contributed by atoms with Crippen LogP contribution in [0.25, 0.3) is 5.70 Å². The molecule has 1 aliphatic rings. The molecule has 0 radical (unpaired) electrons. The topological polar surface area (TPSA) is 3.24 Å². The van der Waals surface area contributed by atoms with E-state index < -0.39 is 0 Å². The van der Waals surface area contributed by atoms with Crippen LogP contribution in [-0.4, -0.2) is 11.7 Å². The highest BCUT2D eigenvalue weighted by Crippen LogP contribution is 2.26. The highest BCUT2D eigenvalue weighted by Gasteiger charge is 2.28. The van der Waals surface area contributed by atoms with Crippen LogP contribution < -0.4 is 5.46 Å². The molecule has 0 aliphatic carbocycles. The molecule has 3 aromatic carbocycles. The third-order valence-corrected chi connectivity index (χ3v) is 4.97. The van der Waals surface area contributed by atoms with E-state index in [0.29, 0.717) is 0 Å². The Morgan fingerprint density at radius 1 is 0.769 bits per heavy atom. The van der Waals surface area contributed by atoms with Crippen molar-refractivity contribution >= 4 is 18.0 Å². The molecule has 2 heteroatoms. The number of benzene rings is 3. The Hall–Kier alpha value is -3.00. The fourth-order valence-corrected chi connectivity index (χ4v) is 3.63. The molecule has 0 atom stereocenters. The largest absolute Gasteiger partial charge is 0.403 e. The van der Waals surface area contributed by atoms with Gasteiger partial charge in [-0.2, -0.15) is 0 Å². The van der Waals surface area contributed by atoms with Crippen LogP contribution in [0.1, 0.15) is 16.7 Å². The van der Waals surface area contributed by atoms with Crippen LogP contribution in [0, 0.1) is 6.92 Å². The molecular formula is C24H22BN. The monoisotopic (exact) mass is 335 g/mol. The first-order valence-electron chi connectivity index (χ1n) is 9.13. The summed E-state index contributed by atoms with van der Waals surface area (Å²) in [5.74, 6) is 2.30. The van der Waals surface area contributed by atoms with Gasteiger partial charge in [0, 0.05) is 12.2 Å². The molecule has 26 heavy (non-hydrogen) atoms. The molecule has 0 saturated heterocycles. The quantitative estimate of drug-likeness (QED) is 0.616. The lowest BCUT2D eigenvalue weighted by atomic mass is 9.51. The highest BCUT2D eigenvalue weighted by atomic mass is 15.1. The van der Waals surface area contributed by atoms with Gasteiger partial charge in [0.1, 0.15) is 0 Å². The Kier molecular flexibility index (Phi) is 4.74. The minimum absolute atomic E-state index is 0.233. The second-order valence-corrected chi connectivity index (χ2v) is 6.72. The van der Waals surface area contributed by atoms with Gasteiger partial charge in [-0.25, -0.2) is 0 Å². The number of nitrogens with zero attached hydrogens (tertiary/aromatic N) is 1. The van der Waals surface area contributed by atoms with E-state index in [-0.39, 0.29) is 6.85 Å². The number of aryl methyl sites for hydroxylation is 1. The van der Waals surface area contributed by atoms with E-state index in [4.69, 9.17) is 0 Å². The van der Waals surface area contributed by atoms with Gasteiger partial charge < -0.3 is 4.81 Å². The fraction of sp³-hybridized carbons (Fsp3) is 0.0833. The van der Waals surface area contributed by atoms with Crippen molar-refractivity contribution in [1.29, 1.82) is 0 Å². The molecule has 0 amide bonds. The van der Waals surface area contributed by atoms with Crippen LogP contribution in [0.15, 0.2) is 103 Å². The van der Waals surface area contributed by atoms with Gasteiger partial charge in [-0.3, -0.25) is 0 Å². The van der Waals surface area contributed by atoms with Crippen LogP contribution in [0.2, 0.25) is 0 Å². The zero-order valence-corrected chi connectivity index (χ0v) is 15.0. The third kappa shape index (κ3) is 3.36. The van der Waals surface area contributed by atoms with Crippen LogP contribution in [0.4, 0.5) is 0 Å². The number of allylic oxidation sites excluding steroid dienone is 2. The van der Waals surface area contributed by atoms with Crippen molar-refractivity contribution in [2.75, 3.05) is 0 Å². The summed E-state index contributed by atoms with van der Waals surface area (Å²) >= 11 is 0. The third-order valence-electron chi connectivity index (χ3n) is 4.97. The minimum atomic E-state index is 0.233. The highest BCUT2D eigenvalue weighted by molar-refractivity contribution is 6.77. The number of hydrogen-bond donors (Lipinski definition) is 0.